The van der Waals surface area contributed by atoms with E-state index in [9.17, 15) is 4.79 Å². The molecule has 2 aromatic rings. The van der Waals surface area contributed by atoms with E-state index in [-0.39, 0.29) is 11.9 Å². The predicted molar refractivity (Wildman–Crippen MR) is 105 cm³/mol. The molecule has 5 rings (SSSR count). The molecule has 4 heterocycles. The van der Waals surface area contributed by atoms with Crippen LogP contribution < -0.4 is 5.32 Å². The average molecular weight is 384 g/mol. The van der Waals surface area contributed by atoms with Crippen LogP contribution in [0, 0.1) is 17.2 Å². The first-order valence-corrected chi connectivity index (χ1v) is 10.6. The lowest BCUT2D eigenvalue weighted by molar-refractivity contribution is 0.0217. The van der Waals surface area contributed by atoms with Crippen LogP contribution in [0.4, 0.5) is 0 Å². The number of carbonyl (C=O) groups is 1. The molecule has 1 aromatic heterocycles. The van der Waals surface area contributed by atoms with Gasteiger partial charge in [0.2, 0.25) is 0 Å². The number of nitriles is 1. The Morgan fingerprint density at radius 1 is 1.23 bits per heavy atom. The summed E-state index contributed by atoms with van der Waals surface area (Å²) in [4.78, 5) is 17.0. The van der Waals surface area contributed by atoms with Gasteiger partial charge in [-0.3, -0.25) is 9.69 Å². The van der Waals surface area contributed by atoms with Crippen molar-refractivity contribution in [1.82, 2.24) is 10.2 Å². The van der Waals surface area contributed by atoms with Gasteiger partial charge in [-0.05, 0) is 75.2 Å². The fourth-order valence-electron chi connectivity index (χ4n) is 4.01. The van der Waals surface area contributed by atoms with Gasteiger partial charge in [-0.1, -0.05) is 11.8 Å². The molecule has 2 atom stereocenters. The highest BCUT2D eigenvalue weighted by Crippen LogP contribution is 2.34. The lowest BCUT2D eigenvalue weighted by atomic mass is 9.79. The van der Waals surface area contributed by atoms with Crippen molar-refractivity contribution in [3.8, 4) is 6.07 Å². The summed E-state index contributed by atoms with van der Waals surface area (Å²) in [6, 6.07) is 14.4. The van der Waals surface area contributed by atoms with Crippen LogP contribution in [0.5, 0.6) is 0 Å². The minimum absolute atomic E-state index is 0.0232. The second-order valence-electron chi connectivity index (χ2n) is 6.97. The molecule has 3 aliphatic rings. The van der Waals surface area contributed by atoms with Gasteiger partial charge in [0, 0.05) is 22.5 Å². The van der Waals surface area contributed by atoms with Crippen molar-refractivity contribution in [3.05, 3.63) is 46.8 Å². The zero-order valence-electron chi connectivity index (χ0n) is 14.6. The minimum atomic E-state index is 0.0232. The Morgan fingerprint density at radius 2 is 1.96 bits per heavy atom. The van der Waals surface area contributed by atoms with Gasteiger partial charge in [-0.2, -0.15) is 5.26 Å². The lowest BCUT2D eigenvalue weighted by Crippen LogP contribution is -2.62. The van der Waals surface area contributed by atoms with Crippen LogP contribution in [0.15, 0.2) is 45.5 Å². The molecule has 1 aromatic carbocycles. The highest BCUT2D eigenvalue weighted by Gasteiger charge is 2.40. The van der Waals surface area contributed by atoms with E-state index >= 15 is 0 Å². The maximum Gasteiger partial charge on any atom is 0.251 e. The van der Waals surface area contributed by atoms with Crippen molar-refractivity contribution in [1.29, 1.82) is 5.26 Å². The summed E-state index contributed by atoms with van der Waals surface area (Å²) in [7, 11) is 0. The smallest absolute Gasteiger partial charge is 0.251 e. The second-order valence-corrected chi connectivity index (χ2v) is 9.43. The van der Waals surface area contributed by atoms with Crippen LogP contribution in [0.3, 0.4) is 0 Å². The zero-order valence-corrected chi connectivity index (χ0v) is 16.3. The third-order valence-corrected chi connectivity index (χ3v) is 7.63. The van der Waals surface area contributed by atoms with Gasteiger partial charge in [-0.15, -0.1) is 11.3 Å². The normalized spacial score (nSPS) is 27.1. The fourth-order valence-corrected chi connectivity index (χ4v) is 5.91. The molecule has 1 N–H and O–H groups in total. The number of carbonyl (C=O) groups excluding carboxylic acids is 1. The topological polar surface area (TPSA) is 56.1 Å². The second kappa shape index (κ2) is 7.43. The molecule has 0 saturated carbocycles. The number of hydrogen-bond donors (Lipinski definition) is 1. The maximum atomic E-state index is 12.7. The SMILES string of the molecule is C[C@H]1[C@H](NC(=O)c2ccc(Sc3ccc(C#N)s3)cc2)C2CCN1CC2. The molecular weight excluding hydrogens is 362 g/mol. The number of hydrogen-bond acceptors (Lipinski definition) is 5. The number of amides is 1. The van der Waals surface area contributed by atoms with Gasteiger partial charge >= 0.3 is 0 Å². The molecule has 4 nitrogen and oxygen atoms in total. The number of piperidine rings is 3. The molecule has 0 radical (unpaired) electrons. The number of thiophene rings is 1. The lowest BCUT2D eigenvalue weighted by Gasteiger charge is -2.49. The summed E-state index contributed by atoms with van der Waals surface area (Å²) in [5.74, 6) is 0.636. The molecule has 134 valence electrons. The van der Waals surface area contributed by atoms with Gasteiger partial charge in [0.1, 0.15) is 10.9 Å². The van der Waals surface area contributed by atoms with E-state index in [2.05, 4.69) is 23.2 Å². The molecule has 26 heavy (non-hydrogen) atoms. The Bertz CT molecular complexity index is 829. The first-order chi connectivity index (χ1) is 12.6. The third kappa shape index (κ3) is 3.52. The molecule has 3 fully saturated rings. The molecule has 0 aliphatic carbocycles. The molecule has 0 unspecified atom stereocenters. The van der Waals surface area contributed by atoms with Gasteiger partial charge in [0.05, 0.1) is 4.21 Å². The Morgan fingerprint density at radius 3 is 2.58 bits per heavy atom. The van der Waals surface area contributed by atoms with Crippen LogP contribution in [-0.2, 0) is 0 Å². The predicted octanol–water partition coefficient (Wildman–Crippen LogP) is 3.98. The van der Waals surface area contributed by atoms with Crippen molar-refractivity contribution in [2.45, 2.75) is 41.0 Å². The summed E-state index contributed by atoms with van der Waals surface area (Å²) < 4.78 is 1.08. The highest BCUT2D eigenvalue weighted by atomic mass is 32.2. The number of nitrogens with zero attached hydrogens (tertiary/aromatic N) is 2. The van der Waals surface area contributed by atoms with E-state index in [1.54, 1.807) is 11.8 Å². The van der Waals surface area contributed by atoms with E-state index in [1.807, 2.05) is 36.4 Å². The van der Waals surface area contributed by atoms with E-state index in [0.717, 1.165) is 14.0 Å². The Balaban J connectivity index is 1.40. The fraction of sp³-hybridized carbons (Fsp3) is 0.400. The van der Waals surface area contributed by atoms with Crippen molar-refractivity contribution >= 4 is 29.0 Å². The van der Waals surface area contributed by atoms with Crippen LogP contribution in [0.2, 0.25) is 0 Å². The van der Waals surface area contributed by atoms with E-state index in [1.165, 1.54) is 37.3 Å². The molecular formula is C20H21N3OS2. The van der Waals surface area contributed by atoms with Gasteiger partial charge in [0.15, 0.2) is 0 Å². The maximum absolute atomic E-state index is 12.7. The van der Waals surface area contributed by atoms with Crippen molar-refractivity contribution < 1.29 is 4.79 Å². The number of rotatable bonds is 4. The first kappa shape index (κ1) is 17.6. The summed E-state index contributed by atoms with van der Waals surface area (Å²) >= 11 is 3.11. The molecule has 0 spiro atoms. The highest BCUT2D eigenvalue weighted by molar-refractivity contribution is 8.01. The zero-order chi connectivity index (χ0) is 18.1. The average Bonchev–Trinajstić information content (AvgIpc) is 3.13. The standard InChI is InChI=1S/C20H21N3OS2/c1-13-19(14-8-10-23(13)11-9-14)22-20(24)15-2-4-16(5-3-15)25-18-7-6-17(12-21)26-18/h2-7,13-14,19H,8-11H2,1H3,(H,22,24)/t13-,19-/m0/s1. The van der Waals surface area contributed by atoms with Gasteiger partial charge in [0.25, 0.3) is 5.91 Å². The van der Waals surface area contributed by atoms with Crippen molar-refractivity contribution in [3.63, 3.8) is 0 Å². The minimum Gasteiger partial charge on any atom is -0.347 e. The first-order valence-electron chi connectivity index (χ1n) is 8.97. The Kier molecular flexibility index (Phi) is 5.03. The van der Waals surface area contributed by atoms with E-state index in [4.69, 9.17) is 5.26 Å². The number of nitrogens with one attached hydrogen (secondary N) is 1. The van der Waals surface area contributed by atoms with E-state index < -0.39 is 0 Å². The van der Waals surface area contributed by atoms with Crippen LogP contribution in [-0.4, -0.2) is 36.0 Å². The largest absolute Gasteiger partial charge is 0.347 e. The molecule has 6 heteroatoms. The van der Waals surface area contributed by atoms with Crippen LogP contribution in [0.1, 0.15) is 35.0 Å². The molecule has 2 bridgehead atoms. The number of fused-ring (bicyclic) bond motifs is 3. The van der Waals surface area contributed by atoms with Crippen LogP contribution in [0.25, 0.3) is 0 Å². The summed E-state index contributed by atoms with van der Waals surface area (Å²) in [5.41, 5.74) is 0.710. The molecule has 3 aliphatic heterocycles. The van der Waals surface area contributed by atoms with Gasteiger partial charge in [-0.25, -0.2) is 0 Å². The van der Waals surface area contributed by atoms with E-state index in [0.29, 0.717) is 17.5 Å². The Labute approximate surface area is 162 Å². The Hall–Kier alpha value is -1.81. The molecule has 1 amide bonds. The summed E-state index contributed by atoms with van der Waals surface area (Å²) in [5, 5.41) is 12.2. The van der Waals surface area contributed by atoms with Crippen molar-refractivity contribution in [2.75, 3.05) is 13.1 Å². The quantitative estimate of drug-likeness (QED) is 0.867. The molecule has 3 saturated heterocycles. The van der Waals surface area contributed by atoms with Gasteiger partial charge < -0.3 is 5.32 Å². The van der Waals surface area contributed by atoms with Crippen molar-refractivity contribution in [2.24, 2.45) is 5.92 Å². The number of benzene rings is 1. The van der Waals surface area contributed by atoms with Crippen LogP contribution >= 0.6 is 23.1 Å². The monoisotopic (exact) mass is 383 g/mol. The summed E-state index contributed by atoms with van der Waals surface area (Å²) in [6.07, 6.45) is 2.38. The summed E-state index contributed by atoms with van der Waals surface area (Å²) in [6.45, 7) is 4.56. The third-order valence-electron chi connectivity index (χ3n) is 5.50.